The van der Waals surface area contributed by atoms with Crippen molar-refractivity contribution in [3.8, 4) is 11.5 Å². The number of aromatic amines is 1. The molecule has 0 unspecified atom stereocenters. The molecular weight excluding hydrogens is 316 g/mol. The van der Waals surface area contributed by atoms with E-state index in [-0.39, 0.29) is 5.91 Å². The quantitative estimate of drug-likeness (QED) is 0.723. The molecule has 0 bridgehead atoms. The number of rotatable bonds is 6. The summed E-state index contributed by atoms with van der Waals surface area (Å²) in [6, 6.07) is 13.6. The number of para-hydroxylation sites is 1. The fourth-order valence-corrected chi connectivity index (χ4v) is 3.01. The van der Waals surface area contributed by atoms with E-state index in [0.29, 0.717) is 30.0 Å². The number of benzene rings is 2. The average Bonchev–Trinajstić information content (AvgIpc) is 2.97. The Kier molecular flexibility index (Phi) is 4.93. The first kappa shape index (κ1) is 16.9. The number of carbonyl (C=O) groups excluding carboxylic acids is 1. The molecule has 130 valence electrons. The molecule has 0 aliphatic rings. The van der Waals surface area contributed by atoms with Crippen molar-refractivity contribution in [1.82, 2.24) is 10.3 Å². The standard InChI is InChI=1S/C20H22N2O3/c1-13-19(15-6-4-5-7-16(15)22-13)20(23)21-11-10-14-8-9-17(24-2)18(12-14)25-3/h4-9,12,22H,10-11H2,1-3H3,(H,21,23). The molecule has 0 saturated carbocycles. The number of nitrogens with one attached hydrogen (secondary N) is 2. The summed E-state index contributed by atoms with van der Waals surface area (Å²) < 4.78 is 10.5. The number of aryl methyl sites for hydroxylation is 1. The van der Waals surface area contributed by atoms with Gasteiger partial charge < -0.3 is 19.8 Å². The molecule has 0 spiro atoms. The molecule has 0 atom stereocenters. The van der Waals surface area contributed by atoms with Crippen LogP contribution < -0.4 is 14.8 Å². The number of amides is 1. The summed E-state index contributed by atoms with van der Waals surface area (Å²) in [5.74, 6) is 1.33. The molecule has 5 nitrogen and oxygen atoms in total. The van der Waals surface area contributed by atoms with Crippen LogP contribution in [0.2, 0.25) is 0 Å². The zero-order valence-corrected chi connectivity index (χ0v) is 14.7. The minimum absolute atomic E-state index is 0.0598. The van der Waals surface area contributed by atoms with Crippen LogP contribution in [0.15, 0.2) is 42.5 Å². The minimum atomic E-state index is -0.0598. The SMILES string of the molecule is COc1ccc(CCNC(=O)c2c(C)[nH]c3ccccc23)cc1OC. The van der Waals surface area contributed by atoms with E-state index in [9.17, 15) is 4.79 Å². The third-order valence-electron chi connectivity index (χ3n) is 4.27. The van der Waals surface area contributed by atoms with Crippen molar-refractivity contribution < 1.29 is 14.3 Å². The molecule has 1 heterocycles. The second kappa shape index (κ2) is 7.30. The van der Waals surface area contributed by atoms with Crippen molar-refractivity contribution in [2.45, 2.75) is 13.3 Å². The summed E-state index contributed by atoms with van der Waals surface area (Å²) in [5, 5.41) is 3.95. The average molecular weight is 338 g/mol. The van der Waals surface area contributed by atoms with Gasteiger partial charge in [-0.15, -0.1) is 0 Å². The summed E-state index contributed by atoms with van der Waals surface area (Å²) in [4.78, 5) is 15.8. The highest BCUT2D eigenvalue weighted by molar-refractivity contribution is 6.08. The molecule has 1 aromatic heterocycles. The summed E-state index contributed by atoms with van der Waals surface area (Å²) in [7, 11) is 3.23. The largest absolute Gasteiger partial charge is 0.493 e. The maximum Gasteiger partial charge on any atom is 0.253 e. The number of aromatic nitrogens is 1. The molecule has 2 N–H and O–H groups in total. The first-order valence-electron chi connectivity index (χ1n) is 8.20. The smallest absolute Gasteiger partial charge is 0.253 e. The van der Waals surface area contributed by atoms with Crippen LogP contribution in [-0.4, -0.2) is 31.7 Å². The highest BCUT2D eigenvalue weighted by atomic mass is 16.5. The maximum atomic E-state index is 12.6. The molecule has 2 aromatic carbocycles. The summed E-state index contributed by atoms with van der Waals surface area (Å²) in [5.41, 5.74) is 3.64. The van der Waals surface area contributed by atoms with Gasteiger partial charge in [0, 0.05) is 23.1 Å². The van der Waals surface area contributed by atoms with Crippen LogP contribution in [0.25, 0.3) is 10.9 Å². The highest BCUT2D eigenvalue weighted by Gasteiger charge is 2.15. The van der Waals surface area contributed by atoms with E-state index in [1.54, 1.807) is 14.2 Å². The van der Waals surface area contributed by atoms with Crippen molar-refractivity contribution >= 4 is 16.8 Å². The molecule has 0 fully saturated rings. The number of carbonyl (C=O) groups is 1. The summed E-state index contributed by atoms with van der Waals surface area (Å²) >= 11 is 0. The van der Waals surface area contributed by atoms with Gasteiger partial charge in [0.25, 0.3) is 5.91 Å². The Hall–Kier alpha value is -2.95. The van der Waals surface area contributed by atoms with Gasteiger partial charge in [-0.3, -0.25) is 4.79 Å². The Labute approximate surface area is 147 Å². The fraction of sp³-hybridized carbons (Fsp3) is 0.250. The zero-order valence-electron chi connectivity index (χ0n) is 14.7. The van der Waals surface area contributed by atoms with E-state index < -0.39 is 0 Å². The van der Waals surface area contributed by atoms with Crippen molar-refractivity contribution in [2.24, 2.45) is 0 Å². The molecule has 5 heteroatoms. The minimum Gasteiger partial charge on any atom is -0.493 e. The third-order valence-corrected chi connectivity index (χ3v) is 4.27. The summed E-state index contributed by atoms with van der Waals surface area (Å²) in [6.45, 7) is 2.47. The van der Waals surface area contributed by atoms with Crippen LogP contribution >= 0.6 is 0 Å². The Morgan fingerprint density at radius 1 is 1.08 bits per heavy atom. The topological polar surface area (TPSA) is 63.3 Å². The Morgan fingerprint density at radius 3 is 2.60 bits per heavy atom. The van der Waals surface area contributed by atoms with Crippen LogP contribution in [0.3, 0.4) is 0 Å². The lowest BCUT2D eigenvalue weighted by Gasteiger charge is -2.10. The van der Waals surface area contributed by atoms with Crippen molar-refractivity contribution in [3.05, 3.63) is 59.3 Å². The van der Waals surface area contributed by atoms with E-state index in [0.717, 1.165) is 22.2 Å². The number of hydrogen-bond donors (Lipinski definition) is 2. The van der Waals surface area contributed by atoms with Gasteiger partial charge in [-0.25, -0.2) is 0 Å². The normalized spacial score (nSPS) is 10.7. The van der Waals surface area contributed by atoms with Gasteiger partial charge in [0.2, 0.25) is 0 Å². The first-order chi connectivity index (χ1) is 12.1. The molecule has 3 aromatic rings. The lowest BCUT2D eigenvalue weighted by Crippen LogP contribution is -2.26. The second-order valence-corrected chi connectivity index (χ2v) is 5.87. The van der Waals surface area contributed by atoms with Crippen molar-refractivity contribution in [2.75, 3.05) is 20.8 Å². The van der Waals surface area contributed by atoms with E-state index >= 15 is 0 Å². The van der Waals surface area contributed by atoms with Crippen LogP contribution in [0.5, 0.6) is 11.5 Å². The predicted molar refractivity (Wildman–Crippen MR) is 98.6 cm³/mol. The number of ether oxygens (including phenoxy) is 2. The monoisotopic (exact) mass is 338 g/mol. The third kappa shape index (κ3) is 3.45. The molecule has 0 aliphatic heterocycles. The summed E-state index contributed by atoms with van der Waals surface area (Å²) in [6.07, 6.45) is 0.716. The maximum absolute atomic E-state index is 12.6. The predicted octanol–water partition coefficient (Wildman–Crippen LogP) is 3.47. The first-order valence-corrected chi connectivity index (χ1v) is 8.20. The number of fused-ring (bicyclic) bond motifs is 1. The van der Waals surface area contributed by atoms with Crippen molar-refractivity contribution in [3.63, 3.8) is 0 Å². The van der Waals surface area contributed by atoms with Gasteiger partial charge in [-0.05, 0) is 37.1 Å². The number of H-pyrrole nitrogens is 1. The number of hydrogen-bond acceptors (Lipinski definition) is 3. The van der Waals surface area contributed by atoms with E-state index in [2.05, 4.69) is 10.3 Å². The van der Waals surface area contributed by atoms with Gasteiger partial charge >= 0.3 is 0 Å². The Balaban J connectivity index is 1.67. The van der Waals surface area contributed by atoms with E-state index in [4.69, 9.17) is 9.47 Å². The highest BCUT2D eigenvalue weighted by Crippen LogP contribution is 2.27. The Bertz CT molecular complexity index is 899. The van der Waals surface area contributed by atoms with Crippen LogP contribution in [-0.2, 0) is 6.42 Å². The van der Waals surface area contributed by atoms with Crippen molar-refractivity contribution in [1.29, 1.82) is 0 Å². The molecule has 0 aliphatic carbocycles. The zero-order chi connectivity index (χ0) is 17.8. The molecule has 3 rings (SSSR count). The molecular formula is C20H22N2O3. The second-order valence-electron chi connectivity index (χ2n) is 5.87. The van der Waals surface area contributed by atoms with Gasteiger partial charge in [-0.2, -0.15) is 0 Å². The van der Waals surface area contributed by atoms with Gasteiger partial charge in [-0.1, -0.05) is 24.3 Å². The van der Waals surface area contributed by atoms with E-state index in [1.165, 1.54) is 0 Å². The van der Waals surface area contributed by atoms with E-state index in [1.807, 2.05) is 49.4 Å². The molecule has 0 radical (unpaired) electrons. The van der Waals surface area contributed by atoms with Gasteiger partial charge in [0.05, 0.1) is 19.8 Å². The van der Waals surface area contributed by atoms with Crippen LogP contribution in [0.4, 0.5) is 0 Å². The number of methoxy groups -OCH3 is 2. The molecule has 1 amide bonds. The van der Waals surface area contributed by atoms with Gasteiger partial charge in [0.15, 0.2) is 11.5 Å². The molecule has 25 heavy (non-hydrogen) atoms. The van der Waals surface area contributed by atoms with Crippen LogP contribution in [0, 0.1) is 6.92 Å². The lowest BCUT2D eigenvalue weighted by atomic mass is 10.1. The lowest BCUT2D eigenvalue weighted by molar-refractivity contribution is 0.0955. The fourth-order valence-electron chi connectivity index (χ4n) is 3.01. The van der Waals surface area contributed by atoms with Gasteiger partial charge in [0.1, 0.15) is 0 Å². The Morgan fingerprint density at radius 2 is 1.84 bits per heavy atom. The molecule has 0 saturated heterocycles. The van der Waals surface area contributed by atoms with Crippen LogP contribution in [0.1, 0.15) is 21.6 Å².